The SMILES string of the molecule is N#C/C(=C1\C(c2ccccc2C#N)=CC2=C1C=C(c1ccccc1C#N)/C2=C(\C#N)c1ccc(C#N)c(F)c1)c1ccc(C#N)c(F)c1. The van der Waals surface area contributed by atoms with Crippen molar-refractivity contribution in [1.82, 2.24) is 0 Å². The van der Waals surface area contributed by atoms with Crippen LogP contribution in [0.15, 0.2) is 119 Å². The van der Waals surface area contributed by atoms with Gasteiger partial charge in [-0.2, -0.15) is 31.6 Å². The predicted octanol–water partition coefficient (Wildman–Crippen LogP) is 8.20. The molecule has 6 rings (SSSR count). The molecule has 0 spiro atoms. The number of allylic oxidation sites excluding steroid dienone is 10. The lowest BCUT2D eigenvalue weighted by atomic mass is 9.86. The maximum atomic E-state index is 14.9. The Labute approximate surface area is 274 Å². The highest BCUT2D eigenvalue weighted by atomic mass is 19.1. The third kappa shape index (κ3) is 4.92. The minimum Gasteiger partial charge on any atom is -0.206 e. The van der Waals surface area contributed by atoms with E-state index in [1.165, 1.54) is 24.3 Å². The molecule has 48 heavy (non-hydrogen) atoms. The van der Waals surface area contributed by atoms with Crippen LogP contribution in [0.1, 0.15) is 44.5 Å². The summed E-state index contributed by atoms with van der Waals surface area (Å²) in [6.45, 7) is 0. The van der Waals surface area contributed by atoms with E-state index in [2.05, 4.69) is 24.3 Å². The number of halogens is 2. The quantitative estimate of drug-likeness (QED) is 0.211. The zero-order valence-corrected chi connectivity index (χ0v) is 24.7. The summed E-state index contributed by atoms with van der Waals surface area (Å²) in [5.41, 5.74) is 4.05. The summed E-state index contributed by atoms with van der Waals surface area (Å²) in [7, 11) is 0. The van der Waals surface area contributed by atoms with Crippen LogP contribution >= 0.6 is 0 Å². The fraction of sp³-hybridized carbons (Fsp3) is 0. The highest BCUT2D eigenvalue weighted by Gasteiger charge is 2.36. The fourth-order valence-electron chi connectivity index (χ4n) is 5.94. The van der Waals surface area contributed by atoms with Crippen LogP contribution < -0.4 is 0 Å². The molecule has 0 saturated carbocycles. The first-order chi connectivity index (χ1) is 23.4. The van der Waals surface area contributed by atoms with Gasteiger partial charge in [0.25, 0.3) is 0 Å². The predicted molar refractivity (Wildman–Crippen MR) is 173 cm³/mol. The van der Waals surface area contributed by atoms with Crippen molar-refractivity contribution >= 4 is 22.3 Å². The van der Waals surface area contributed by atoms with Crippen LogP contribution in [0.2, 0.25) is 0 Å². The molecule has 4 aromatic carbocycles. The number of nitriles is 6. The number of nitrogens with zero attached hydrogens (tertiary/aromatic N) is 6. The van der Waals surface area contributed by atoms with E-state index in [4.69, 9.17) is 0 Å². The molecule has 6 nitrogen and oxygen atoms in total. The summed E-state index contributed by atoms with van der Waals surface area (Å²) in [4.78, 5) is 0. The molecule has 0 N–H and O–H groups in total. The van der Waals surface area contributed by atoms with Gasteiger partial charge in [0.15, 0.2) is 0 Å². The summed E-state index contributed by atoms with van der Waals surface area (Å²) in [6, 6.07) is 33.4. The van der Waals surface area contributed by atoms with Crippen LogP contribution in [-0.4, -0.2) is 0 Å². The summed E-state index contributed by atoms with van der Waals surface area (Å²) in [5, 5.41) is 59.8. The third-order valence-electron chi connectivity index (χ3n) is 8.10. The van der Waals surface area contributed by atoms with Gasteiger partial charge in [-0.1, -0.05) is 48.5 Å². The van der Waals surface area contributed by atoms with Crippen molar-refractivity contribution in [2.45, 2.75) is 0 Å². The Bertz CT molecular complexity index is 2360. The maximum Gasteiger partial charge on any atom is 0.141 e. The summed E-state index contributed by atoms with van der Waals surface area (Å²) >= 11 is 0. The molecule has 0 bridgehead atoms. The molecule has 0 amide bonds. The van der Waals surface area contributed by atoms with Crippen LogP contribution in [-0.2, 0) is 0 Å². The van der Waals surface area contributed by atoms with E-state index in [-0.39, 0.29) is 33.4 Å². The van der Waals surface area contributed by atoms with E-state index in [1.54, 1.807) is 72.8 Å². The van der Waals surface area contributed by atoms with Crippen molar-refractivity contribution in [1.29, 1.82) is 31.6 Å². The Morgan fingerprint density at radius 3 is 1.17 bits per heavy atom. The smallest absolute Gasteiger partial charge is 0.141 e. The Morgan fingerprint density at radius 2 is 0.833 bits per heavy atom. The third-order valence-corrected chi connectivity index (χ3v) is 8.10. The van der Waals surface area contributed by atoms with Gasteiger partial charge in [0.2, 0.25) is 0 Å². The fourth-order valence-corrected chi connectivity index (χ4v) is 5.94. The minimum absolute atomic E-state index is 0.0377. The zero-order valence-electron chi connectivity index (χ0n) is 24.7. The molecule has 0 heterocycles. The maximum absolute atomic E-state index is 14.9. The number of hydrogen-bond donors (Lipinski definition) is 0. The van der Waals surface area contributed by atoms with Gasteiger partial charge in [0.1, 0.15) is 35.9 Å². The molecule has 0 radical (unpaired) electrons. The van der Waals surface area contributed by atoms with Gasteiger partial charge in [-0.15, -0.1) is 0 Å². The molecular formula is C40H16F2N6. The molecule has 0 unspecified atom stereocenters. The van der Waals surface area contributed by atoms with Gasteiger partial charge in [0.05, 0.1) is 45.5 Å². The first kappa shape index (κ1) is 30.4. The number of hydrogen-bond acceptors (Lipinski definition) is 6. The van der Waals surface area contributed by atoms with Crippen LogP contribution in [0.25, 0.3) is 22.3 Å². The molecule has 4 aromatic rings. The van der Waals surface area contributed by atoms with Crippen molar-refractivity contribution in [3.05, 3.63) is 176 Å². The molecule has 0 fully saturated rings. The van der Waals surface area contributed by atoms with Crippen molar-refractivity contribution in [3.8, 4) is 36.4 Å². The Balaban J connectivity index is 1.76. The molecule has 2 aliphatic rings. The van der Waals surface area contributed by atoms with Crippen molar-refractivity contribution in [3.63, 3.8) is 0 Å². The summed E-state index contributed by atoms with van der Waals surface area (Å²) < 4.78 is 29.9. The van der Waals surface area contributed by atoms with Gasteiger partial charge in [0, 0.05) is 22.3 Å². The van der Waals surface area contributed by atoms with Gasteiger partial charge in [-0.3, -0.25) is 0 Å². The average molecular weight is 619 g/mol. The van der Waals surface area contributed by atoms with Crippen LogP contribution in [0, 0.1) is 79.6 Å². The monoisotopic (exact) mass is 618 g/mol. The van der Waals surface area contributed by atoms with E-state index < -0.39 is 11.6 Å². The molecular weight excluding hydrogens is 602 g/mol. The highest BCUT2D eigenvalue weighted by Crippen LogP contribution is 2.54. The van der Waals surface area contributed by atoms with E-state index in [9.17, 15) is 40.4 Å². The number of benzene rings is 4. The van der Waals surface area contributed by atoms with E-state index in [1.807, 2.05) is 0 Å². The van der Waals surface area contributed by atoms with Crippen LogP contribution in [0.3, 0.4) is 0 Å². The van der Waals surface area contributed by atoms with Gasteiger partial charge < -0.3 is 0 Å². The van der Waals surface area contributed by atoms with Crippen LogP contribution in [0.4, 0.5) is 8.78 Å². The van der Waals surface area contributed by atoms with E-state index in [0.29, 0.717) is 55.7 Å². The second kappa shape index (κ2) is 12.4. The van der Waals surface area contributed by atoms with Crippen molar-refractivity contribution in [2.24, 2.45) is 0 Å². The summed E-state index contributed by atoms with van der Waals surface area (Å²) in [5.74, 6) is -1.64. The lowest BCUT2D eigenvalue weighted by Gasteiger charge is -2.16. The lowest BCUT2D eigenvalue weighted by Crippen LogP contribution is -1.99. The van der Waals surface area contributed by atoms with Gasteiger partial charge >= 0.3 is 0 Å². The van der Waals surface area contributed by atoms with Crippen molar-refractivity contribution in [2.75, 3.05) is 0 Å². The van der Waals surface area contributed by atoms with E-state index in [0.717, 1.165) is 12.1 Å². The average Bonchev–Trinajstić information content (AvgIpc) is 3.66. The number of rotatable bonds is 4. The Hall–Kier alpha value is -7.62. The topological polar surface area (TPSA) is 143 Å². The van der Waals surface area contributed by atoms with Crippen LogP contribution in [0.5, 0.6) is 0 Å². The Morgan fingerprint density at radius 1 is 0.458 bits per heavy atom. The molecule has 8 heteroatoms. The summed E-state index contributed by atoms with van der Waals surface area (Å²) in [6.07, 6.45) is 3.45. The molecule has 0 aromatic heterocycles. The lowest BCUT2D eigenvalue weighted by molar-refractivity contribution is 0.623. The van der Waals surface area contributed by atoms with Gasteiger partial charge in [-0.05, 0) is 82.0 Å². The largest absolute Gasteiger partial charge is 0.206 e. The standard InChI is InChI=1S/C40H16F2N6/c41-37-13-23(9-11-27(37)19-45)35(21-47)39-31(29-7-3-1-5-25(29)17-43)15-33-34(39)16-32(30-8-4-2-6-26(30)18-44)40(33)36(22-48)24-10-12-28(20-46)38(42)14-24/h1-16H/b39-35-,40-36-. The normalized spacial score (nSPS) is 15.0. The minimum atomic E-state index is -0.820. The van der Waals surface area contributed by atoms with Crippen molar-refractivity contribution < 1.29 is 8.78 Å². The van der Waals surface area contributed by atoms with Gasteiger partial charge in [-0.25, -0.2) is 8.78 Å². The molecule has 220 valence electrons. The molecule has 0 saturated heterocycles. The highest BCUT2D eigenvalue weighted by molar-refractivity contribution is 6.12. The second-order valence-electron chi connectivity index (χ2n) is 10.6. The zero-order chi connectivity index (χ0) is 33.9. The van der Waals surface area contributed by atoms with E-state index >= 15 is 0 Å². The second-order valence-corrected chi connectivity index (χ2v) is 10.6. The molecule has 0 atom stereocenters. The molecule has 2 aliphatic carbocycles. The first-order valence-corrected chi connectivity index (χ1v) is 14.3. The Kier molecular flexibility index (Phi) is 7.86. The molecule has 0 aliphatic heterocycles. The first-order valence-electron chi connectivity index (χ1n) is 14.3.